The van der Waals surface area contributed by atoms with E-state index < -0.39 is 0 Å². The lowest BCUT2D eigenvalue weighted by Gasteiger charge is -2.20. The average molecular weight is 292 g/mol. The van der Waals surface area contributed by atoms with Gasteiger partial charge in [0, 0.05) is 19.1 Å². The molecular weight excluding hydrogens is 272 g/mol. The van der Waals surface area contributed by atoms with E-state index in [0.717, 1.165) is 37.3 Å². The molecule has 0 unspecified atom stereocenters. The lowest BCUT2D eigenvalue weighted by Crippen LogP contribution is -2.39. The minimum Gasteiger partial charge on any atom is -0.348 e. The van der Waals surface area contributed by atoms with E-state index in [1.807, 2.05) is 13.0 Å². The van der Waals surface area contributed by atoms with Crippen LogP contribution < -0.4 is 5.32 Å². The van der Waals surface area contributed by atoms with Crippen LogP contribution in [0.2, 0.25) is 0 Å². The van der Waals surface area contributed by atoms with Crippen molar-refractivity contribution in [1.29, 1.82) is 0 Å². The molecule has 2 heterocycles. The van der Waals surface area contributed by atoms with E-state index >= 15 is 0 Å². The standard InChI is InChI=1S/C15H20N2O2S/c1-9-5-13(20-14(9)8-18)15(19)16-12-4-3-10-6-17(2)7-11(10)12/h5,8,10-12H,3-4,6-7H2,1-2H3,(H,16,19)/t10-,11+,12-/m1/s1. The Bertz CT molecular complexity index is 540. The Kier molecular flexibility index (Phi) is 3.65. The number of amides is 1. The number of thiophene rings is 1. The third kappa shape index (κ3) is 2.40. The van der Waals surface area contributed by atoms with Gasteiger partial charge in [-0.25, -0.2) is 0 Å². The van der Waals surface area contributed by atoms with Gasteiger partial charge in [-0.15, -0.1) is 11.3 Å². The lowest BCUT2D eigenvalue weighted by molar-refractivity contribution is 0.0930. The highest BCUT2D eigenvalue weighted by molar-refractivity contribution is 7.15. The van der Waals surface area contributed by atoms with E-state index in [1.165, 1.54) is 17.8 Å². The Labute approximate surface area is 123 Å². The number of fused-ring (bicyclic) bond motifs is 1. The molecule has 1 aliphatic heterocycles. The largest absolute Gasteiger partial charge is 0.348 e. The first-order valence-corrected chi connectivity index (χ1v) is 7.95. The Morgan fingerprint density at radius 3 is 2.95 bits per heavy atom. The topological polar surface area (TPSA) is 49.4 Å². The SMILES string of the molecule is Cc1cc(C(=O)N[C@@H]2CC[C@@H]3CN(C)C[C@@H]32)sc1C=O. The number of carbonyl (C=O) groups is 2. The van der Waals surface area contributed by atoms with Crippen LogP contribution in [0.4, 0.5) is 0 Å². The molecule has 5 heteroatoms. The number of likely N-dealkylation sites (tertiary alicyclic amines) is 1. The highest BCUT2D eigenvalue weighted by Gasteiger charge is 2.42. The van der Waals surface area contributed by atoms with Crippen LogP contribution in [0.1, 0.15) is 37.7 Å². The number of hydrogen-bond donors (Lipinski definition) is 1. The summed E-state index contributed by atoms with van der Waals surface area (Å²) in [6.45, 7) is 4.11. The van der Waals surface area contributed by atoms with Crippen molar-refractivity contribution in [3.63, 3.8) is 0 Å². The van der Waals surface area contributed by atoms with Crippen molar-refractivity contribution in [2.24, 2.45) is 11.8 Å². The van der Waals surface area contributed by atoms with E-state index in [9.17, 15) is 9.59 Å². The fourth-order valence-electron chi connectivity index (χ4n) is 3.63. The van der Waals surface area contributed by atoms with Crippen molar-refractivity contribution in [1.82, 2.24) is 10.2 Å². The molecular formula is C15H20N2O2S. The van der Waals surface area contributed by atoms with Crippen molar-refractivity contribution in [2.45, 2.75) is 25.8 Å². The van der Waals surface area contributed by atoms with Crippen LogP contribution in [0.15, 0.2) is 6.07 Å². The quantitative estimate of drug-likeness (QED) is 0.866. The molecule has 2 fully saturated rings. The van der Waals surface area contributed by atoms with E-state index in [1.54, 1.807) is 0 Å². The first kappa shape index (κ1) is 13.8. The number of nitrogens with zero attached hydrogens (tertiary/aromatic N) is 1. The highest BCUT2D eigenvalue weighted by Crippen LogP contribution is 2.37. The molecule has 3 atom stereocenters. The van der Waals surface area contributed by atoms with Gasteiger partial charge in [-0.1, -0.05) is 0 Å². The number of rotatable bonds is 3. The minimum absolute atomic E-state index is 0.0218. The first-order valence-electron chi connectivity index (χ1n) is 7.13. The Hall–Kier alpha value is -1.20. The normalized spacial score (nSPS) is 29.4. The number of aryl methyl sites for hydroxylation is 1. The molecule has 0 radical (unpaired) electrons. The molecule has 1 saturated carbocycles. The zero-order valence-electron chi connectivity index (χ0n) is 11.9. The van der Waals surface area contributed by atoms with E-state index in [0.29, 0.717) is 21.7 Å². The molecule has 4 nitrogen and oxygen atoms in total. The average Bonchev–Trinajstić information content (AvgIpc) is 3.05. The van der Waals surface area contributed by atoms with Crippen molar-refractivity contribution < 1.29 is 9.59 Å². The predicted molar refractivity (Wildman–Crippen MR) is 79.4 cm³/mol. The highest BCUT2D eigenvalue weighted by atomic mass is 32.1. The number of aldehydes is 1. The third-order valence-corrected chi connectivity index (χ3v) is 5.80. The molecule has 0 spiro atoms. The molecule has 3 rings (SSSR count). The maximum Gasteiger partial charge on any atom is 0.261 e. The maximum atomic E-state index is 12.3. The van der Waals surface area contributed by atoms with Gasteiger partial charge in [0.05, 0.1) is 9.75 Å². The van der Waals surface area contributed by atoms with Gasteiger partial charge in [0.2, 0.25) is 0 Å². The molecule has 1 N–H and O–H groups in total. The van der Waals surface area contributed by atoms with E-state index in [4.69, 9.17) is 0 Å². The zero-order chi connectivity index (χ0) is 14.3. The van der Waals surface area contributed by atoms with Gasteiger partial charge in [0.25, 0.3) is 5.91 Å². The van der Waals surface area contributed by atoms with Crippen molar-refractivity contribution >= 4 is 23.5 Å². The Morgan fingerprint density at radius 2 is 2.25 bits per heavy atom. The first-order chi connectivity index (χ1) is 9.58. The third-order valence-electron chi connectivity index (χ3n) is 4.64. The van der Waals surface area contributed by atoms with Crippen molar-refractivity contribution in [3.05, 3.63) is 21.4 Å². The van der Waals surface area contributed by atoms with Crippen molar-refractivity contribution in [3.8, 4) is 0 Å². The van der Waals surface area contributed by atoms with Gasteiger partial charge in [-0.3, -0.25) is 9.59 Å². The predicted octanol–water partition coefficient (Wildman–Crippen LogP) is 1.94. The van der Waals surface area contributed by atoms with Crippen LogP contribution in [0.25, 0.3) is 0 Å². The molecule has 1 amide bonds. The second-order valence-electron chi connectivity index (χ2n) is 6.08. The molecule has 0 aromatic carbocycles. The molecule has 20 heavy (non-hydrogen) atoms. The number of nitrogens with one attached hydrogen (secondary N) is 1. The van der Waals surface area contributed by atoms with Gasteiger partial charge in [0.15, 0.2) is 6.29 Å². The van der Waals surface area contributed by atoms with Crippen LogP contribution in [0.3, 0.4) is 0 Å². The van der Waals surface area contributed by atoms with Gasteiger partial charge in [0.1, 0.15) is 0 Å². The van der Waals surface area contributed by atoms with Gasteiger partial charge in [-0.05, 0) is 50.3 Å². The summed E-state index contributed by atoms with van der Waals surface area (Å²) in [7, 11) is 2.15. The van der Waals surface area contributed by atoms with Gasteiger partial charge >= 0.3 is 0 Å². The lowest BCUT2D eigenvalue weighted by atomic mass is 9.98. The van der Waals surface area contributed by atoms with Crippen LogP contribution in [-0.2, 0) is 0 Å². The van der Waals surface area contributed by atoms with Crippen LogP contribution >= 0.6 is 11.3 Å². The van der Waals surface area contributed by atoms with Gasteiger partial charge < -0.3 is 10.2 Å². The summed E-state index contributed by atoms with van der Waals surface area (Å²) in [5.74, 6) is 1.31. The maximum absolute atomic E-state index is 12.3. The van der Waals surface area contributed by atoms with E-state index in [2.05, 4.69) is 17.3 Å². The molecule has 108 valence electrons. The summed E-state index contributed by atoms with van der Waals surface area (Å²) < 4.78 is 0. The number of carbonyl (C=O) groups excluding carboxylic acids is 2. The molecule has 1 saturated heterocycles. The number of hydrogen-bond acceptors (Lipinski definition) is 4. The van der Waals surface area contributed by atoms with Gasteiger partial charge in [-0.2, -0.15) is 0 Å². The molecule has 1 aromatic heterocycles. The Morgan fingerprint density at radius 1 is 1.45 bits per heavy atom. The molecule has 1 aromatic rings. The smallest absolute Gasteiger partial charge is 0.261 e. The van der Waals surface area contributed by atoms with Crippen LogP contribution in [0, 0.1) is 18.8 Å². The monoisotopic (exact) mass is 292 g/mol. The van der Waals surface area contributed by atoms with Crippen LogP contribution in [-0.4, -0.2) is 43.3 Å². The Balaban J connectivity index is 1.68. The summed E-state index contributed by atoms with van der Waals surface area (Å²) in [6.07, 6.45) is 3.12. The molecule has 1 aliphatic carbocycles. The summed E-state index contributed by atoms with van der Waals surface area (Å²) >= 11 is 1.29. The fourth-order valence-corrected chi connectivity index (χ4v) is 4.52. The fraction of sp³-hybridized carbons (Fsp3) is 0.600. The van der Waals surface area contributed by atoms with Crippen molar-refractivity contribution in [2.75, 3.05) is 20.1 Å². The van der Waals surface area contributed by atoms with E-state index in [-0.39, 0.29) is 5.91 Å². The second-order valence-corrected chi connectivity index (χ2v) is 7.16. The molecule has 0 bridgehead atoms. The van der Waals surface area contributed by atoms with Crippen LogP contribution in [0.5, 0.6) is 0 Å². The summed E-state index contributed by atoms with van der Waals surface area (Å²) in [5.41, 5.74) is 0.889. The summed E-state index contributed by atoms with van der Waals surface area (Å²) in [5, 5.41) is 3.18. The zero-order valence-corrected chi connectivity index (χ0v) is 12.7. The summed E-state index contributed by atoms with van der Waals surface area (Å²) in [6, 6.07) is 2.11. The molecule has 2 aliphatic rings. The minimum atomic E-state index is -0.0218. The second kappa shape index (κ2) is 5.30. The summed E-state index contributed by atoms with van der Waals surface area (Å²) in [4.78, 5) is 26.8.